The van der Waals surface area contributed by atoms with E-state index in [1.807, 2.05) is 0 Å². The lowest BCUT2D eigenvalue weighted by atomic mass is 10.0. The first kappa shape index (κ1) is 18.8. The van der Waals surface area contributed by atoms with Crippen molar-refractivity contribution in [2.75, 3.05) is 6.61 Å². The number of ether oxygens (including phenoxy) is 1. The normalized spacial score (nSPS) is 19.7. The van der Waals surface area contributed by atoms with Crippen LogP contribution in [0.25, 0.3) is 0 Å². The fourth-order valence-electron chi connectivity index (χ4n) is 2.64. The van der Waals surface area contributed by atoms with E-state index in [1.165, 1.54) is 24.5 Å². The van der Waals surface area contributed by atoms with Crippen LogP contribution in [0.3, 0.4) is 0 Å². The van der Waals surface area contributed by atoms with Gasteiger partial charge in [0, 0.05) is 18.0 Å². The molecule has 1 aromatic carbocycles. The van der Waals surface area contributed by atoms with Gasteiger partial charge in [0.05, 0.1) is 12.1 Å². The predicted molar refractivity (Wildman–Crippen MR) is 89.9 cm³/mol. The molecule has 1 atom stereocenters. The van der Waals surface area contributed by atoms with E-state index in [0.29, 0.717) is 5.75 Å². The number of amides is 1. The van der Waals surface area contributed by atoms with Crippen molar-refractivity contribution in [2.45, 2.75) is 25.2 Å². The highest BCUT2D eigenvalue weighted by Crippen LogP contribution is 2.41. The lowest BCUT2D eigenvalue weighted by molar-refractivity contribution is -0.302. The minimum atomic E-state index is -5.10. The lowest BCUT2D eigenvalue weighted by Crippen LogP contribution is -2.57. The van der Waals surface area contributed by atoms with Crippen LogP contribution in [0, 0.1) is 6.92 Å². The van der Waals surface area contributed by atoms with Crippen LogP contribution >= 0.6 is 0 Å². The SMILES string of the molecule is Cc1ccccc1OCC(=O)N1N=C(c2cccnc2)C[C@]1(O)C(F)(F)F. The summed E-state index contributed by atoms with van der Waals surface area (Å²) in [5.74, 6) is -0.756. The second-order valence-electron chi connectivity index (χ2n) is 6.04. The average molecular weight is 379 g/mol. The molecule has 0 saturated carbocycles. The van der Waals surface area contributed by atoms with E-state index in [0.717, 1.165) is 5.56 Å². The number of halogens is 3. The average Bonchev–Trinajstić information content (AvgIpc) is 3.01. The standard InChI is InChI=1S/C18H16F3N3O3/c1-12-5-2-3-7-15(12)27-11-16(25)24-17(26,18(19,20)21)9-14(23-24)13-6-4-8-22-10-13/h2-8,10,26H,9,11H2,1H3/t17-/m0/s1. The zero-order valence-corrected chi connectivity index (χ0v) is 14.3. The van der Waals surface area contributed by atoms with E-state index >= 15 is 0 Å². The number of aliphatic hydroxyl groups is 1. The fourth-order valence-corrected chi connectivity index (χ4v) is 2.64. The van der Waals surface area contributed by atoms with Crippen molar-refractivity contribution in [1.29, 1.82) is 0 Å². The number of alkyl halides is 3. The molecule has 0 saturated heterocycles. The number of hydrogen-bond acceptors (Lipinski definition) is 5. The van der Waals surface area contributed by atoms with Crippen molar-refractivity contribution in [3.05, 3.63) is 59.9 Å². The molecule has 1 aliphatic heterocycles. The highest BCUT2D eigenvalue weighted by molar-refractivity contribution is 6.03. The molecule has 0 aliphatic carbocycles. The molecule has 0 spiro atoms. The zero-order valence-electron chi connectivity index (χ0n) is 14.3. The van der Waals surface area contributed by atoms with Crippen molar-refractivity contribution < 1.29 is 27.8 Å². The summed E-state index contributed by atoms with van der Waals surface area (Å²) in [6, 6.07) is 9.79. The number of benzene rings is 1. The molecule has 0 fully saturated rings. The van der Waals surface area contributed by atoms with Crippen LogP contribution in [0.2, 0.25) is 0 Å². The minimum absolute atomic E-state index is 0.0492. The molecule has 1 N–H and O–H groups in total. The molecule has 3 rings (SSSR count). The van der Waals surface area contributed by atoms with Crippen molar-refractivity contribution in [3.8, 4) is 5.75 Å². The summed E-state index contributed by atoms with van der Waals surface area (Å²) in [6.07, 6.45) is -3.22. The van der Waals surface area contributed by atoms with Gasteiger partial charge in [0.25, 0.3) is 11.6 Å². The Morgan fingerprint density at radius 3 is 2.67 bits per heavy atom. The summed E-state index contributed by atoms with van der Waals surface area (Å²) < 4.78 is 45.8. The summed E-state index contributed by atoms with van der Waals surface area (Å²) in [6.45, 7) is 1.04. The van der Waals surface area contributed by atoms with Gasteiger partial charge in [-0.3, -0.25) is 9.78 Å². The molecule has 27 heavy (non-hydrogen) atoms. The van der Waals surface area contributed by atoms with Gasteiger partial charge in [0.15, 0.2) is 6.61 Å². The summed E-state index contributed by atoms with van der Waals surface area (Å²) in [5, 5.41) is 14.0. The molecule has 0 bridgehead atoms. The fraction of sp³-hybridized carbons (Fsp3) is 0.278. The van der Waals surface area contributed by atoms with Crippen molar-refractivity contribution in [2.24, 2.45) is 5.10 Å². The first-order valence-electron chi connectivity index (χ1n) is 8.01. The first-order valence-corrected chi connectivity index (χ1v) is 8.01. The number of para-hydroxylation sites is 1. The van der Waals surface area contributed by atoms with Crippen LogP contribution in [-0.4, -0.2) is 45.2 Å². The Hall–Kier alpha value is -2.94. The number of pyridine rings is 1. The van der Waals surface area contributed by atoms with E-state index in [4.69, 9.17) is 4.74 Å². The van der Waals surface area contributed by atoms with Crippen LogP contribution in [0.5, 0.6) is 5.75 Å². The second-order valence-corrected chi connectivity index (χ2v) is 6.04. The molecule has 6 nitrogen and oxygen atoms in total. The Bertz CT molecular complexity index is 871. The maximum atomic E-state index is 13.5. The first-order chi connectivity index (χ1) is 12.7. The van der Waals surface area contributed by atoms with Crippen molar-refractivity contribution in [1.82, 2.24) is 9.99 Å². The summed E-state index contributed by atoms with van der Waals surface area (Å²) in [5.41, 5.74) is -2.52. The van der Waals surface area contributed by atoms with E-state index in [-0.39, 0.29) is 16.3 Å². The van der Waals surface area contributed by atoms with E-state index < -0.39 is 30.8 Å². The molecule has 0 radical (unpaired) electrons. The molecule has 1 aliphatic rings. The zero-order chi connectivity index (χ0) is 19.7. The van der Waals surface area contributed by atoms with Gasteiger partial charge in [0.1, 0.15) is 5.75 Å². The Morgan fingerprint density at radius 2 is 2.04 bits per heavy atom. The molecule has 2 heterocycles. The molecule has 142 valence electrons. The Kier molecular flexibility index (Phi) is 4.88. The summed E-state index contributed by atoms with van der Waals surface area (Å²) >= 11 is 0. The number of rotatable bonds is 4. The highest BCUT2D eigenvalue weighted by atomic mass is 19.4. The van der Waals surface area contributed by atoms with Crippen LogP contribution in [-0.2, 0) is 4.79 Å². The lowest BCUT2D eigenvalue weighted by Gasteiger charge is -2.32. The van der Waals surface area contributed by atoms with Gasteiger partial charge >= 0.3 is 6.18 Å². The third kappa shape index (κ3) is 3.63. The Morgan fingerprint density at radius 1 is 1.30 bits per heavy atom. The molecule has 1 aromatic heterocycles. The molecular formula is C18H16F3N3O3. The van der Waals surface area contributed by atoms with Crippen LogP contribution in [0.15, 0.2) is 53.9 Å². The largest absolute Gasteiger partial charge is 0.483 e. The molecular weight excluding hydrogens is 363 g/mol. The van der Waals surface area contributed by atoms with Gasteiger partial charge < -0.3 is 9.84 Å². The summed E-state index contributed by atoms with van der Waals surface area (Å²) in [4.78, 5) is 16.2. The molecule has 1 amide bonds. The molecule has 2 aromatic rings. The van der Waals surface area contributed by atoms with E-state index in [1.54, 1.807) is 31.2 Å². The third-order valence-corrected chi connectivity index (χ3v) is 4.11. The minimum Gasteiger partial charge on any atom is -0.483 e. The monoisotopic (exact) mass is 379 g/mol. The maximum Gasteiger partial charge on any atom is 0.438 e. The van der Waals surface area contributed by atoms with Crippen LogP contribution in [0.4, 0.5) is 13.2 Å². The maximum absolute atomic E-state index is 13.5. The van der Waals surface area contributed by atoms with Crippen LogP contribution in [0.1, 0.15) is 17.5 Å². The second kappa shape index (κ2) is 6.99. The van der Waals surface area contributed by atoms with Gasteiger partial charge in [-0.15, -0.1) is 0 Å². The molecule has 0 unspecified atom stereocenters. The molecule has 9 heteroatoms. The Balaban J connectivity index is 1.85. The third-order valence-electron chi connectivity index (χ3n) is 4.11. The van der Waals surface area contributed by atoms with Gasteiger partial charge in [-0.2, -0.15) is 23.3 Å². The summed E-state index contributed by atoms with van der Waals surface area (Å²) in [7, 11) is 0. The number of carbonyl (C=O) groups is 1. The number of carbonyl (C=O) groups excluding carboxylic acids is 1. The number of hydrogen-bond donors (Lipinski definition) is 1. The number of hydrazone groups is 1. The number of aryl methyl sites for hydroxylation is 1. The van der Waals surface area contributed by atoms with Crippen molar-refractivity contribution >= 4 is 11.6 Å². The van der Waals surface area contributed by atoms with E-state index in [2.05, 4.69) is 10.1 Å². The highest BCUT2D eigenvalue weighted by Gasteiger charge is 2.63. The van der Waals surface area contributed by atoms with E-state index in [9.17, 15) is 23.1 Å². The Labute approximate surface area is 152 Å². The van der Waals surface area contributed by atoms with Crippen molar-refractivity contribution in [3.63, 3.8) is 0 Å². The number of aromatic nitrogens is 1. The smallest absolute Gasteiger partial charge is 0.438 e. The quantitative estimate of drug-likeness (QED) is 0.886. The topological polar surface area (TPSA) is 75.0 Å². The van der Waals surface area contributed by atoms with Gasteiger partial charge in [-0.1, -0.05) is 24.3 Å². The number of nitrogens with zero attached hydrogens (tertiary/aromatic N) is 3. The van der Waals surface area contributed by atoms with Crippen LogP contribution < -0.4 is 4.74 Å². The van der Waals surface area contributed by atoms with Gasteiger partial charge in [0.2, 0.25) is 0 Å². The van der Waals surface area contributed by atoms with Gasteiger partial charge in [-0.25, -0.2) is 0 Å². The van der Waals surface area contributed by atoms with Gasteiger partial charge in [-0.05, 0) is 24.6 Å². The predicted octanol–water partition coefficient (Wildman–Crippen LogP) is 2.66.